The summed E-state index contributed by atoms with van der Waals surface area (Å²) < 4.78 is 0. The SMILES string of the molecule is CCCNC1C(CN2CCCC(O)C2)CCC1(C)C. The summed E-state index contributed by atoms with van der Waals surface area (Å²) in [6.45, 7) is 11.4. The first-order chi connectivity index (χ1) is 9.03. The molecule has 2 rings (SSSR count). The average molecular weight is 268 g/mol. The van der Waals surface area contributed by atoms with Crippen LogP contribution in [0.25, 0.3) is 0 Å². The fraction of sp³-hybridized carbons (Fsp3) is 1.00. The number of nitrogens with zero attached hydrogens (tertiary/aromatic N) is 1. The van der Waals surface area contributed by atoms with Crippen molar-refractivity contribution < 1.29 is 5.11 Å². The van der Waals surface area contributed by atoms with E-state index in [1.165, 1.54) is 32.4 Å². The van der Waals surface area contributed by atoms with Crippen LogP contribution in [0.5, 0.6) is 0 Å². The molecule has 2 fully saturated rings. The Morgan fingerprint density at radius 2 is 2.11 bits per heavy atom. The van der Waals surface area contributed by atoms with Gasteiger partial charge in [-0.15, -0.1) is 0 Å². The molecule has 1 aliphatic heterocycles. The van der Waals surface area contributed by atoms with Gasteiger partial charge in [-0.1, -0.05) is 20.8 Å². The maximum atomic E-state index is 9.81. The Morgan fingerprint density at radius 3 is 2.79 bits per heavy atom. The molecule has 0 aromatic rings. The van der Waals surface area contributed by atoms with Gasteiger partial charge in [-0.3, -0.25) is 0 Å². The number of likely N-dealkylation sites (tertiary alicyclic amines) is 1. The number of aliphatic hydroxyl groups is 1. The van der Waals surface area contributed by atoms with E-state index in [9.17, 15) is 5.11 Å². The van der Waals surface area contributed by atoms with Gasteiger partial charge in [0.2, 0.25) is 0 Å². The maximum Gasteiger partial charge on any atom is 0.0667 e. The van der Waals surface area contributed by atoms with Crippen molar-refractivity contribution in [2.75, 3.05) is 26.2 Å². The number of nitrogens with one attached hydrogen (secondary N) is 1. The summed E-state index contributed by atoms with van der Waals surface area (Å²) in [6.07, 6.45) is 5.93. The summed E-state index contributed by atoms with van der Waals surface area (Å²) in [4.78, 5) is 2.49. The lowest BCUT2D eigenvalue weighted by Gasteiger charge is -2.36. The number of β-amino-alcohol motifs (C(OH)–C–C–N with tert-alkyl or cyclic N) is 1. The van der Waals surface area contributed by atoms with Crippen molar-refractivity contribution in [1.29, 1.82) is 0 Å². The molecule has 0 amide bonds. The van der Waals surface area contributed by atoms with Crippen LogP contribution in [-0.4, -0.2) is 48.3 Å². The Kier molecular flexibility index (Phi) is 5.27. The highest BCUT2D eigenvalue weighted by molar-refractivity contribution is 4.97. The fourth-order valence-corrected chi connectivity index (χ4v) is 3.99. The van der Waals surface area contributed by atoms with Crippen LogP contribution in [0.1, 0.15) is 52.9 Å². The topological polar surface area (TPSA) is 35.5 Å². The van der Waals surface area contributed by atoms with Crippen molar-refractivity contribution in [3.8, 4) is 0 Å². The van der Waals surface area contributed by atoms with Crippen LogP contribution in [0, 0.1) is 11.3 Å². The minimum absolute atomic E-state index is 0.0924. The molecule has 2 aliphatic rings. The Hall–Kier alpha value is -0.120. The minimum Gasteiger partial charge on any atom is -0.392 e. The number of hydrogen-bond donors (Lipinski definition) is 2. The summed E-state index contributed by atoms with van der Waals surface area (Å²) in [5.74, 6) is 0.756. The molecule has 0 spiro atoms. The Bertz CT molecular complexity index is 280. The highest BCUT2D eigenvalue weighted by atomic mass is 16.3. The number of rotatable bonds is 5. The van der Waals surface area contributed by atoms with E-state index in [4.69, 9.17) is 0 Å². The highest BCUT2D eigenvalue weighted by Crippen LogP contribution is 2.41. The smallest absolute Gasteiger partial charge is 0.0667 e. The number of aliphatic hydroxyl groups excluding tert-OH is 1. The molecule has 3 nitrogen and oxygen atoms in total. The van der Waals surface area contributed by atoms with E-state index >= 15 is 0 Å². The van der Waals surface area contributed by atoms with E-state index in [-0.39, 0.29) is 6.10 Å². The number of piperidine rings is 1. The largest absolute Gasteiger partial charge is 0.392 e. The van der Waals surface area contributed by atoms with Gasteiger partial charge in [-0.05, 0) is 56.5 Å². The molecule has 3 atom stereocenters. The zero-order chi connectivity index (χ0) is 13.9. The molecular weight excluding hydrogens is 236 g/mol. The predicted molar refractivity (Wildman–Crippen MR) is 80.3 cm³/mol. The van der Waals surface area contributed by atoms with Gasteiger partial charge in [-0.2, -0.15) is 0 Å². The normalized spacial score (nSPS) is 35.7. The first kappa shape index (κ1) is 15.3. The lowest BCUT2D eigenvalue weighted by molar-refractivity contribution is 0.0577. The van der Waals surface area contributed by atoms with Crippen LogP contribution in [0.3, 0.4) is 0 Å². The lowest BCUT2D eigenvalue weighted by atomic mass is 9.84. The van der Waals surface area contributed by atoms with E-state index in [0.29, 0.717) is 11.5 Å². The molecule has 1 saturated carbocycles. The number of hydrogen-bond acceptors (Lipinski definition) is 3. The van der Waals surface area contributed by atoms with Crippen molar-refractivity contribution in [3.63, 3.8) is 0 Å². The van der Waals surface area contributed by atoms with Crippen molar-refractivity contribution in [3.05, 3.63) is 0 Å². The van der Waals surface area contributed by atoms with Crippen LogP contribution in [0.4, 0.5) is 0 Å². The van der Waals surface area contributed by atoms with Gasteiger partial charge in [0, 0.05) is 19.1 Å². The summed E-state index contributed by atoms with van der Waals surface area (Å²) >= 11 is 0. The second kappa shape index (κ2) is 6.55. The zero-order valence-electron chi connectivity index (χ0n) is 13.0. The molecule has 0 radical (unpaired) electrons. The predicted octanol–water partition coefficient (Wildman–Crippen LogP) is 2.25. The molecule has 19 heavy (non-hydrogen) atoms. The monoisotopic (exact) mass is 268 g/mol. The van der Waals surface area contributed by atoms with Gasteiger partial charge in [0.25, 0.3) is 0 Å². The van der Waals surface area contributed by atoms with Crippen molar-refractivity contribution >= 4 is 0 Å². The first-order valence-corrected chi connectivity index (χ1v) is 8.16. The van der Waals surface area contributed by atoms with E-state index in [1.54, 1.807) is 0 Å². The van der Waals surface area contributed by atoms with Gasteiger partial charge >= 0.3 is 0 Å². The first-order valence-electron chi connectivity index (χ1n) is 8.16. The summed E-state index contributed by atoms with van der Waals surface area (Å²) in [5.41, 5.74) is 0.425. The molecule has 1 heterocycles. The Labute approximate surface area is 118 Å². The van der Waals surface area contributed by atoms with Gasteiger partial charge < -0.3 is 15.3 Å². The van der Waals surface area contributed by atoms with E-state index in [0.717, 1.165) is 31.8 Å². The molecule has 0 aromatic heterocycles. The van der Waals surface area contributed by atoms with Crippen molar-refractivity contribution in [2.45, 2.75) is 65.0 Å². The van der Waals surface area contributed by atoms with Gasteiger partial charge in [0.15, 0.2) is 0 Å². The Morgan fingerprint density at radius 1 is 1.32 bits per heavy atom. The molecule has 112 valence electrons. The molecule has 0 bridgehead atoms. The average Bonchev–Trinajstić information content (AvgIpc) is 2.62. The van der Waals surface area contributed by atoms with Crippen molar-refractivity contribution in [1.82, 2.24) is 10.2 Å². The summed E-state index contributed by atoms with van der Waals surface area (Å²) in [6, 6.07) is 0.645. The molecule has 2 N–H and O–H groups in total. The van der Waals surface area contributed by atoms with E-state index in [2.05, 4.69) is 31.0 Å². The van der Waals surface area contributed by atoms with Crippen LogP contribution in [0.15, 0.2) is 0 Å². The molecule has 1 saturated heterocycles. The molecule has 0 aromatic carbocycles. The van der Waals surface area contributed by atoms with Gasteiger partial charge in [0.05, 0.1) is 6.10 Å². The standard InChI is InChI=1S/C16H32N2O/c1-4-9-17-15-13(7-8-16(15,2)3)11-18-10-5-6-14(19)12-18/h13-15,17,19H,4-12H2,1-3H3. The van der Waals surface area contributed by atoms with E-state index in [1.807, 2.05) is 0 Å². The van der Waals surface area contributed by atoms with Gasteiger partial charge in [0.1, 0.15) is 0 Å². The maximum absolute atomic E-state index is 9.81. The van der Waals surface area contributed by atoms with Crippen LogP contribution < -0.4 is 5.32 Å². The molecule has 3 unspecified atom stereocenters. The second-order valence-electron chi connectivity index (χ2n) is 7.27. The summed E-state index contributed by atoms with van der Waals surface area (Å²) in [7, 11) is 0. The van der Waals surface area contributed by atoms with Crippen LogP contribution in [0.2, 0.25) is 0 Å². The molecule has 1 aliphatic carbocycles. The third-order valence-corrected chi connectivity index (χ3v) is 5.06. The fourth-order valence-electron chi connectivity index (χ4n) is 3.99. The van der Waals surface area contributed by atoms with E-state index < -0.39 is 0 Å². The Balaban J connectivity index is 1.90. The second-order valence-corrected chi connectivity index (χ2v) is 7.27. The summed E-state index contributed by atoms with van der Waals surface area (Å²) in [5, 5.41) is 13.6. The lowest BCUT2D eigenvalue weighted by Crippen LogP contribution is -2.48. The highest BCUT2D eigenvalue weighted by Gasteiger charge is 2.42. The van der Waals surface area contributed by atoms with Crippen LogP contribution >= 0.6 is 0 Å². The molecular formula is C16H32N2O. The minimum atomic E-state index is -0.0924. The molecule has 3 heteroatoms. The van der Waals surface area contributed by atoms with Gasteiger partial charge in [-0.25, -0.2) is 0 Å². The quantitative estimate of drug-likeness (QED) is 0.803. The zero-order valence-corrected chi connectivity index (χ0v) is 13.0. The van der Waals surface area contributed by atoms with Crippen LogP contribution in [-0.2, 0) is 0 Å². The third kappa shape index (κ3) is 3.93. The van der Waals surface area contributed by atoms with Crippen molar-refractivity contribution in [2.24, 2.45) is 11.3 Å². The third-order valence-electron chi connectivity index (χ3n) is 5.06.